The van der Waals surface area contributed by atoms with Crippen molar-refractivity contribution in [2.24, 2.45) is 5.10 Å². The number of hydrogen-bond donors (Lipinski definition) is 1. The van der Waals surface area contributed by atoms with Gasteiger partial charge in [0.1, 0.15) is 6.61 Å². The Kier molecular flexibility index (Phi) is 6.44. The summed E-state index contributed by atoms with van der Waals surface area (Å²) in [6.45, 7) is 3.94. The van der Waals surface area contributed by atoms with Gasteiger partial charge in [-0.1, -0.05) is 12.7 Å². The molecule has 134 valence electrons. The third-order valence-electron chi connectivity index (χ3n) is 3.26. The van der Waals surface area contributed by atoms with Gasteiger partial charge in [-0.3, -0.25) is 14.9 Å². The summed E-state index contributed by atoms with van der Waals surface area (Å²) in [7, 11) is 1.52. The van der Waals surface area contributed by atoms with Gasteiger partial charge in [-0.2, -0.15) is 5.10 Å². The van der Waals surface area contributed by atoms with Gasteiger partial charge in [-0.15, -0.1) is 0 Å². The number of nitrogens with zero attached hydrogens (tertiary/aromatic N) is 2. The Morgan fingerprint density at radius 1 is 1.27 bits per heavy atom. The second-order valence-electron chi connectivity index (χ2n) is 5.01. The largest absolute Gasteiger partial charge is 0.493 e. The van der Waals surface area contributed by atoms with Crippen molar-refractivity contribution in [2.75, 3.05) is 13.7 Å². The number of hydrogen-bond acceptors (Lipinski definition) is 6. The summed E-state index contributed by atoms with van der Waals surface area (Å²) in [5.41, 5.74) is 3.22. The number of amides is 1. The molecule has 0 aliphatic rings. The van der Waals surface area contributed by atoms with E-state index in [4.69, 9.17) is 9.47 Å². The second-order valence-corrected chi connectivity index (χ2v) is 5.01. The Labute approximate surface area is 149 Å². The lowest BCUT2D eigenvalue weighted by molar-refractivity contribution is -0.384. The molecule has 0 heterocycles. The van der Waals surface area contributed by atoms with Crippen LogP contribution in [0, 0.1) is 10.1 Å². The van der Waals surface area contributed by atoms with Gasteiger partial charge in [0.2, 0.25) is 0 Å². The van der Waals surface area contributed by atoms with Crippen molar-refractivity contribution in [1.29, 1.82) is 0 Å². The summed E-state index contributed by atoms with van der Waals surface area (Å²) < 4.78 is 10.7. The maximum atomic E-state index is 12.0. The third kappa shape index (κ3) is 4.91. The lowest BCUT2D eigenvalue weighted by atomic mass is 10.2. The van der Waals surface area contributed by atoms with E-state index in [-0.39, 0.29) is 11.3 Å². The molecule has 0 bridgehead atoms. The predicted molar refractivity (Wildman–Crippen MR) is 96.8 cm³/mol. The molecule has 0 atom stereocenters. The average molecular weight is 355 g/mol. The summed E-state index contributed by atoms with van der Waals surface area (Å²) in [5.74, 6) is 0.617. The highest BCUT2D eigenvalue weighted by Crippen LogP contribution is 2.27. The molecule has 1 N–H and O–H groups in total. The van der Waals surface area contributed by atoms with Crippen LogP contribution in [-0.2, 0) is 0 Å². The van der Waals surface area contributed by atoms with E-state index in [9.17, 15) is 14.9 Å². The molecule has 2 rings (SSSR count). The molecule has 0 aliphatic carbocycles. The van der Waals surface area contributed by atoms with Gasteiger partial charge < -0.3 is 9.47 Å². The smallest absolute Gasteiger partial charge is 0.271 e. The molecule has 2 aromatic rings. The van der Waals surface area contributed by atoms with Crippen molar-refractivity contribution < 1.29 is 19.2 Å². The van der Waals surface area contributed by atoms with Gasteiger partial charge in [0.25, 0.3) is 11.6 Å². The number of ether oxygens (including phenoxy) is 2. The van der Waals surface area contributed by atoms with Gasteiger partial charge in [-0.25, -0.2) is 5.43 Å². The zero-order chi connectivity index (χ0) is 18.9. The maximum Gasteiger partial charge on any atom is 0.271 e. The van der Waals surface area contributed by atoms with Crippen LogP contribution in [-0.4, -0.2) is 30.8 Å². The van der Waals surface area contributed by atoms with Crippen LogP contribution in [0.1, 0.15) is 15.9 Å². The summed E-state index contributed by atoms with van der Waals surface area (Å²) in [5, 5.41) is 14.5. The van der Waals surface area contributed by atoms with Gasteiger partial charge in [-0.05, 0) is 35.9 Å². The number of hydrazone groups is 1. The van der Waals surface area contributed by atoms with Crippen LogP contribution in [0.4, 0.5) is 5.69 Å². The van der Waals surface area contributed by atoms with Crippen LogP contribution in [0.3, 0.4) is 0 Å². The quantitative estimate of drug-likeness (QED) is 0.339. The number of nitrogens with one attached hydrogen (secondary N) is 1. The van der Waals surface area contributed by atoms with Crippen LogP contribution < -0.4 is 14.9 Å². The fourth-order valence-electron chi connectivity index (χ4n) is 2.00. The highest BCUT2D eigenvalue weighted by atomic mass is 16.6. The Morgan fingerprint density at radius 2 is 2.00 bits per heavy atom. The van der Waals surface area contributed by atoms with Crippen molar-refractivity contribution in [3.05, 3.63) is 76.4 Å². The van der Waals surface area contributed by atoms with Crippen molar-refractivity contribution in [1.82, 2.24) is 5.43 Å². The Hall–Kier alpha value is -3.68. The van der Waals surface area contributed by atoms with E-state index in [1.165, 1.54) is 37.6 Å². The Morgan fingerprint density at radius 3 is 2.62 bits per heavy atom. The van der Waals surface area contributed by atoms with Gasteiger partial charge in [0.15, 0.2) is 11.5 Å². The van der Waals surface area contributed by atoms with E-state index in [2.05, 4.69) is 17.1 Å². The molecule has 8 heteroatoms. The fourth-order valence-corrected chi connectivity index (χ4v) is 2.00. The lowest BCUT2D eigenvalue weighted by Gasteiger charge is -2.09. The number of nitro benzene ring substituents is 1. The summed E-state index contributed by atoms with van der Waals surface area (Å²) in [6, 6.07) is 10.4. The van der Waals surface area contributed by atoms with Crippen LogP contribution in [0.2, 0.25) is 0 Å². The molecule has 0 saturated carbocycles. The summed E-state index contributed by atoms with van der Waals surface area (Å²) in [6.07, 6.45) is 3.08. The minimum absolute atomic E-state index is 0.0871. The summed E-state index contributed by atoms with van der Waals surface area (Å²) in [4.78, 5) is 22.0. The molecule has 0 unspecified atom stereocenters. The first-order valence-corrected chi connectivity index (χ1v) is 7.54. The van der Waals surface area contributed by atoms with Gasteiger partial charge in [0, 0.05) is 17.7 Å². The number of carbonyl (C=O) groups is 1. The SMILES string of the molecule is C=CCOc1ccc(/C=N\NC(=O)c2ccc([N+](=O)[O-])cc2)cc1OC. The number of non-ortho nitro benzene ring substituents is 1. The molecule has 0 radical (unpaired) electrons. The minimum atomic E-state index is -0.532. The standard InChI is InChI=1S/C18H17N3O5/c1-3-10-26-16-9-4-13(11-17(16)25-2)12-19-20-18(22)14-5-7-15(8-6-14)21(23)24/h3-9,11-12H,1,10H2,2H3,(H,20,22)/b19-12-. The van der Waals surface area contributed by atoms with E-state index in [1.807, 2.05) is 0 Å². The normalized spacial score (nSPS) is 10.3. The second kappa shape index (κ2) is 8.97. The fraction of sp³-hybridized carbons (Fsp3) is 0.111. The molecule has 0 aliphatic heterocycles. The van der Waals surface area contributed by atoms with Crippen LogP contribution in [0.25, 0.3) is 0 Å². The van der Waals surface area contributed by atoms with E-state index in [1.54, 1.807) is 24.3 Å². The number of methoxy groups -OCH3 is 1. The first-order valence-electron chi connectivity index (χ1n) is 7.54. The average Bonchev–Trinajstić information content (AvgIpc) is 2.66. The molecule has 2 aromatic carbocycles. The third-order valence-corrected chi connectivity index (χ3v) is 3.26. The predicted octanol–water partition coefficient (Wildman–Crippen LogP) is 2.93. The lowest BCUT2D eigenvalue weighted by Crippen LogP contribution is -2.17. The number of carbonyl (C=O) groups excluding carboxylic acids is 1. The first kappa shape index (κ1) is 18.7. The first-order chi connectivity index (χ1) is 12.5. The zero-order valence-corrected chi connectivity index (χ0v) is 14.0. The van der Waals surface area contributed by atoms with E-state index >= 15 is 0 Å². The number of nitro groups is 1. The molecular weight excluding hydrogens is 338 g/mol. The molecule has 26 heavy (non-hydrogen) atoms. The summed E-state index contributed by atoms with van der Waals surface area (Å²) >= 11 is 0. The molecule has 0 spiro atoms. The Bertz CT molecular complexity index is 831. The minimum Gasteiger partial charge on any atom is -0.493 e. The van der Waals surface area contributed by atoms with Crippen LogP contribution in [0.5, 0.6) is 11.5 Å². The van der Waals surface area contributed by atoms with E-state index in [0.29, 0.717) is 23.7 Å². The molecule has 0 aromatic heterocycles. The number of rotatable bonds is 8. The number of benzene rings is 2. The molecule has 1 amide bonds. The molecular formula is C18H17N3O5. The van der Waals surface area contributed by atoms with Crippen LogP contribution in [0.15, 0.2) is 60.2 Å². The van der Waals surface area contributed by atoms with Crippen molar-refractivity contribution in [2.45, 2.75) is 0 Å². The molecule has 8 nitrogen and oxygen atoms in total. The highest BCUT2D eigenvalue weighted by molar-refractivity contribution is 5.95. The van der Waals surface area contributed by atoms with Gasteiger partial charge in [0.05, 0.1) is 18.2 Å². The van der Waals surface area contributed by atoms with Crippen LogP contribution >= 0.6 is 0 Å². The van der Waals surface area contributed by atoms with Crippen molar-refractivity contribution in [3.8, 4) is 11.5 Å². The van der Waals surface area contributed by atoms with Gasteiger partial charge >= 0.3 is 0 Å². The van der Waals surface area contributed by atoms with Crippen molar-refractivity contribution >= 4 is 17.8 Å². The van der Waals surface area contributed by atoms with E-state index in [0.717, 1.165) is 0 Å². The van der Waals surface area contributed by atoms with Crippen molar-refractivity contribution in [3.63, 3.8) is 0 Å². The highest BCUT2D eigenvalue weighted by Gasteiger charge is 2.09. The monoisotopic (exact) mass is 355 g/mol. The molecule has 0 fully saturated rings. The Balaban J connectivity index is 2.01. The maximum absolute atomic E-state index is 12.0. The topological polar surface area (TPSA) is 103 Å². The van der Waals surface area contributed by atoms with E-state index < -0.39 is 10.8 Å². The molecule has 0 saturated heterocycles. The zero-order valence-electron chi connectivity index (χ0n) is 14.0.